The van der Waals surface area contributed by atoms with Crippen LogP contribution < -0.4 is 0 Å². The van der Waals surface area contributed by atoms with E-state index in [0.29, 0.717) is 5.56 Å². The van der Waals surface area contributed by atoms with Crippen LogP contribution >= 0.6 is 0 Å². The van der Waals surface area contributed by atoms with Crippen molar-refractivity contribution >= 4 is 16.0 Å². The van der Waals surface area contributed by atoms with Gasteiger partial charge in [0.05, 0.1) is 4.90 Å². The number of rotatable bonds is 4. The van der Waals surface area contributed by atoms with E-state index >= 15 is 0 Å². The van der Waals surface area contributed by atoms with Gasteiger partial charge in [-0.25, -0.2) is 22.5 Å². The Morgan fingerprint density at radius 1 is 1.10 bits per heavy atom. The maximum absolute atomic E-state index is 12.4. The Morgan fingerprint density at radius 2 is 1.71 bits per heavy atom. The number of pyridine rings is 1. The second-order valence-corrected chi connectivity index (χ2v) is 6.61. The molecule has 0 fully saturated rings. The van der Waals surface area contributed by atoms with Gasteiger partial charge in [-0.3, -0.25) is 0 Å². The fourth-order valence-corrected chi connectivity index (χ4v) is 3.00. The van der Waals surface area contributed by atoms with Gasteiger partial charge in [-0.05, 0) is 12.1 Å². The topological polar surface area (TPSA) is 87.6 Å². The number of hydrogen-bond donors (Lipinski definition) is 1. The molecule has 1 aromatic heterocycles. The van der Waals surface area contributed by atoms with E-state index < -0.39 is 16.0 Å². The van der Waals surface area contributed by atoms with Gasteiger partial charge < -0.3 is 5.11 Å². The minimum atomic E-state index is -3.69. The highest BCUT2D eigenvalue weighted by Crippen LogP contribution is 2.30. The lowest BCUT2D eigenvalue weighted by molar-refractivity contribution is 0.0691. The molecule has 0 bridgehead atoms. The molecule has 1 heterocycles. The molecule has 6 nitrogen and oxygen atoms in total. The zero-order valence-corrected chi connectivity index (χ0v) is 12.3. The number of aromatic nitrogens is 1. The first-order valence-electron chi connectivity index (χ1n) is 6.06. The molecule has 0 aliphatic carbocycles. The molecule has 2 aromatic rings. The first kappa shape index (κ1) is 15.1. The summed E-state index contributed by atoms with van der Waals surface area (Å²) in [6, 6.07) is 9.38. The Bertz CT molecular complexity index is 785. The predicted molar refractivity (Wildman–Crippen MR) is 77.5 cm³/mol. The maximum Gasteiger partial charge on any atom is 0.355 e. The van der Waals surface area contributed by atoms with Crippen LogP contribution in [0.3, 0.4) is 0 Å². The molecule has 0 saturated heterocycles. The minimum absolute atomic E-state index is 0.0468. The third kappa shape index (κ3) is 2.79. The zero-order valence-electron chi connectivity index (χ0n) is 11.5. The average Bonchev–Trinajstić information content (AvgIpc) is 2.47. The third-order valence-electron chi connectivity index (χ3n) is 2.95. The number of benzene rings is 1. The summed E-state index contributed by atoms with van der Waals surface area (Å²) >= 11 is 0. The van der Waals surface area contributed by atoms with Crippen LogP contribution in [0.25, 0.3) is 11.1 Å². The van der Waals surface area contributed by atoms with Crippen molar-refractivity contribution in [1.29, 1.82) is 0 Å². The number of carboxylic acid groups (broad SMARTS) is 1. The third-order valence-corrected chi connectivity index (χ3v) is 4.82. The van der Waals surface area contributed by atoms with Crippen molar-refractivity contribution in [3.05, 3.63) is 48.3 Å². The molecule has 2 rings (SSSR count). The van der Waals surface area contributed by atoms with Crippen LogP contribution in [0, 0.1) is 0 Å². The zero-order chi connectivity index (χ0) is 15.6. The number of carboxylic acids is 1. The van der Waals surface area contributed by atoms with Crippen molar-refractivity contribution in [1.82, 2.24) is 9.29 Å². The number of nitrogens with zero attached hydrogens (tertiary/aromatic N) is 2. The molecular weight excluding hydrogens is 292 g/mol. The van der Waals surface area contributed by atoms with Crippen molar-refractivity contribution in [2.24, 2.45) is 0 Å². The van der Waals surface area contributed by atoms with E-state index in [0.717, 1.165) is 4.31 Å². The Balaban J connectivity index is 2.76. The van der Waals surface area contributed by atoms with E-state index in [2.05, 4.69) is 4.98 Å². The molecule has 0 radical (unpaired) electrons. The number of carbonyl (C=O) groups is 1. The lowest BCUT2D eigenvalue weighted by atomic mass is 10.0. The number of hydrogen-bond acceptors (Lipinski definition) is 4. The number of sulfonamides is 1. The monoisotopic (exact) mass is 306 g/mol. The Labute approximate surface area is 122 Å². The van der Waals surface area contributed by atoms with Crippen molar-refractivity contribution in [3.8, 4) is 11.1 Å². The highest BCUT2D eigenvalue weighted by atomic mass is 32.2. The van der Waals surface area contributed by atoms with E-state index in [1.54, 1.807) is 30.3 Å². The summed E-state index contributed by atoms with van der Waals surface area (Å²) in [5, 5.41) is 9.21. The molecule has 0 aliphatic rings. The molecule has 0 aliphatic heterocycles. The smallest absolute Gasteiger partial charge is 0.355 e. The largest absolute Gasteiger partial charge is 0.476 e. The van der Waals surface area contributed by atoms with Crippen LogP contribution in [0.5, 0.6) is 0 Å². The molecule has 7 heteroatoms. The molecule has 1 N–H and O–H groups in total. The standard InChI is InChI=1S/C14H14N2O4S/c1-16(2)21(19,20)12-8-4-3-6-10(12)11-7-5-9-15-13(11)14(17)18/h3-9H,1-2H3,(H,17,18). The molecule has 0 atom stereocenters. The fourth-order valence-electron chi connectivity index (χ4n) is 1.90. The Hall–Kier alpha value is -2.25. The lowest BCUT2D eigenvalue weighted by Crippen LogP contribution is -2.23. The van der Waals surface area contributed by atoms with Gasteiger partial charge in [-0.15, -0.1) is 0 Å². The highest BCUT2D eigenvalue weighted by molar-refractivity contribution is 7.89. The van der Waals surface area contributed by atoms with E-state index in [9.17, 15) is 18.3 Å². The van der Waals surface area contributed by atoms with E-state index in [4.69, 9.17) is 0 Å². The summed E-state index contributed by atoms with van der Waals surface area (Å²) in [6.45, 7) is 0. The van der Waals surface area contributed by atoms with Gasteiger partial charge in [-0.2, -0.15) is 0 Å². The second kappa shape index (κ2) is 5.63. The summed E-state index contributed by atoms with van der Waals surface area (Å²) in [6.07, 6.45) is 1.36. The quantitative estimate of drug-likeness (QED) is 0.929. The molecule has 21 heavy (non-hydrogen) atoms. The maximum atomic E-state index is 12.4. The lowest BCUT2D eigenvalue weighted by Gasteiger charge is -2.15. The van der Waals surface area contributed by atoms with Crippen molar-refractivity contribution in [3.63, 3.8) is 0 Å². The van der Waals surface area contributed by atoms with E-state index in [1.807, 2.05) is 0 Å². The van der Waals surface area contributed by atoms with Crippen molar-refractivity contribution < 1.29 is 18.3 Å². The summed E-state index contributed by atoms with van der Waals surface area (Å²) in [5.74, 6) is -1.21. The van der Waals surface area contributed by atoms with Crippen LogP contribution in [0.1, 0.15) is 10.5 Å². The first-order chi connectivity index (χ1) is 9.85. The Kier molecular flexibility index (Phi) is 4.06. The summed E-state index contributed by atoms with van der Waals surface area (Å²) in [4.78, 5) is 15.1. The molecule has 0 unspecified atom stereocenters. The van der Waals surface area contributed by atoms with Crippen LogP contribution in [0.2, 0.25) is 0 Å². The second-order valence-electron chi connectivity index (χ2n) is 4.49. The summed E-state index contributed by atoms with van der Waals surface area (Å²) in [7, 11) is -0.837. The summed E-state index contributed by atoms with van der Waals surface area (Å²) in [5.41, 5.74) is 0.404. The molecular formula is C14H14N2O4S. The van der Waals surface area contributed by atoms with E-state index in [1.165, 1.54) is 26.4 Å². The first-order valence-corrected chi connectivity index (χ1v) is 7.50. The summed E-state index contributed by atoms with van der Waals surface area (Å²) < 4.78 is 25.8. The molecule has 110 valence electrons. The van der Waals surface area contributed by atoms with Crippen LogP contribution in [-0.2, 0) is 10.0 Å². The van der Waals surface area contributed by atoms with Crippen LogP contribution in [0.15, 0.2) is 47.5 Å². The molecule has 0 amide bonds. The van der Waals surface area contributed by atoms with Gasteiger partial charge in [0.25, 0.3) is 0 Å². The van der Waals surface area contributed by atoms with Gasteiger partial charge >= 0.3 is 5.97 Å². The molecule has 0 spiro atoms. The predicted octanol–water partition coefficient (Wildman–Crippen LogP) is 1.70. The van der Waals surface area contributed by atoms with Gasteiger partial charge in [0, 0.05) is 31.4 Å². The minimum Gasteiger partial charge on any atom is -0.476 e. The van der Waals surface area contributed by atoms with Crippen LogP contribution in [0.4, 0.5) is 0 Å². The van der Waals surface area contributed by atoms with Crippen molar-refractivity contribution in [2.45, 2.75) is 4.90 Å². The Morgan fingerprint density at radius 3 is 2.33 bits per heavy atom. The number of aromatic carboxylic acids is 1. The molecule has 1 aromatic carbocycles. The van der Waals surface area contributed by atoms with Gasteiger partial charge in [0.1, 0.15) is 0 Å². The van der Waals surface area contributed by atoms with Gasteiger partial charge in [0.2, 0.25) is 10.0 Å². The van der Waals surface area contributed by atoms with Gasteiger partial charge in [0.15, 0.2) is 5.69 Å². The SMILES string of the molecule is CN(C)S(=O)(=O)c1ccccc1-c1cccnc1C(=O)O. The highest BCUT2D eigenvalue weighted by Gasteiger charge is 2.24. The van der Waals surface area contributed by atoms with Gasteiger partial charge in [-0.1, -0.05) is 24.3 Å². The average molecular weight is 306 g/mol. The van der Waals surface area contributed by atoms with Crippen molar-refractivity contribution in [2.75, 3.05) is 14.1 Å². The normalized spacial score (nSPS) is 11.6. The van der Waals surface area contributed by atoms with Crippen LogP contribution in [-0.4, -0.2) is 42.9 Å². The van der Waals surface area contributed by atoms with E-state index in [-0.39, 0.29) is 16.2 Å². The molecule has 0 saturated carbocycles. The fraction of sp³-hybridized carbons (Fsp3) is 0.143.